The molecule has 0 spiro atoms. The van der Waals surface area contributed by atoms with E-state index in [1.165, 1.54) is 19.3 Å². The predicted octanol–water partition coefficient (Wildman–Crippen LogP) is 0.643. The van der Waals surface area contributed by atoms with Crippen molar-refractivity contribution in [2.24, 2.45) is 0 Å². The molecule has 2 heterocycles. The van der Waals surface area contributed by atoms with Gasteiger partial charge in [-0.25, -0.2) is 9.97 Å². The molecule has 1 saturated carbocycles. The SMILES string of the molecule is OCc1nccc(N2CCN(C3CCC3)CC2)n1. The topological polar surface area (TPSA) is 52.5 Å². The van der Waals surface area contributed by atoms with Crippen LogP contribution in [0.1, 0.15) is 25.1 Å². The first-order valence-electron chi connectivity index (χ1n) is 6.78. The first-order valence-corrected chi connectivity index (χ1v) is 6.78. The fraction of sp³-hybridized carbons (Fsp3) is 0.692. The van der Waals surface area contributed by atoms with Crippen molar-refractivity contribution < 1.29 is 5.11 Å². The Balaban J connectivity index is 1.60. The van der Waals surface area contributed by atoms with E-state index in [0.29, 0.717) is 5.82 Å². The van der Waals surface area contributed by atoms with Gasteiger partial charge in [-0.05, 0) is 18.9 Å². The maximum Gasteiger partial charge on any atom is 0.156 e. The van der Waals surface area contributed by atoms with Crippen molar-refractivity contribution in [1.82, 2.24) is 14.9 Å². The van der Waals surface area contributed by atoms with E-state index in [1.807, 2.05) is 6.07 Å². The highest BCUT2D eigenvalue weighted by Crippen LogP contribution is 2.26. The summed E-state index contributed by atoms with van der Waals surface area (Å²) in [5, 5.41) is 9.06. The zero-order valence-corrected chi connectivity index (χ0v) is 10.6. The molecule has 0 bridgehead atoms. The van der Waals surface area contributed by atoms with Gasteiger partial charge in [-0.3, -0.25) is 4.90 Å². The van der Waals surface area contributed by atoms with Gasteiger partial charge < -0.3 is 10.0 Å². The molecule has 5 nitrogen and oxygen atoms in total. The van der Waals surface area contributed by atoms with Gasteiger partial charge in [-0.2, -0.15) is 0 Å². The lowest BCUT2D eigenvalue weighted by Crippen LogP contribution is -2.52. The Bertz CT molecular complexity index is 400. The van der Waals surface area contributed by atoms with Crippen molar-refractivity contribution in [1.29, 1.82) is 0 Å². The standard InChI is InChI=1S/C13H20N4O/c18-10-12-14-5-4-13(15-12)17-8-6-16(7-9-17)11-2-1-3-11/h4-5,11,18H,1-3,6-10H2. The summed E-state index contributed by atoms with van der Waals surface area (Å²) >= 11 is 0. The molecule has 0 atom stereocenters. The molecule has 1 N–H and O–H groups in total. The number of hydrogen-bond donors (Lipinski definition) is 1. The van der Waals surface area contributed by atoms with Crippen molar-refractivity contribution in [2.75, 3.05) is 31.1 Å². The molecule has 0 aromatic carbocycles. The van der Waals surface area contributed by atoms with Gasteiger partial charge in [0.05, 0.1) is 0 Å². The molecular formula is C13H20N4O. The molecule has 1 saturated heterocycles. The molecule has 18 heavy (non-hydrogen) atoms. The summed E-state index contributed by atoms with van der Waals surface area (Å²) in [6, 6.07) is 2.77. The minimum absolute atomic E-state index is 0.0874. The van der Waals surface area contributed by atoms with Crippen molar-refractivity contribution in [3.63, 3.8) is 0 Å². The van der Waals surface area contributed by atoms with Crippen LogP contribution in [0.5, 0.6) is 0 Å². The van der Waals surface area contributed by atoms with Gasteiger partial charge in [0.15, 0.2) is 5.82 Å². The minimum atomic E-state index is -0.0874. The highest BCUT2D eigenvalue weighted by Gasteiger charge is 2.28. The predicted molar refractivity (Wildman–Crippen MR) is 69.4 cm³/mol. The Hall–Kier alpha value is -1.20. The zero-order valence-electron chi connectivity index (χ0n) is 10.6. The van der Waals surface area contributed by atoms with Crippen LogP contribution in [0.2, 0.25) is 0 Å². The van der Waals surface area contributed by atoms with Crippen LogP contribution in [0.15, 0.2) is 12.3 Å². The largest absolute Gasteiger partial charge is 0.388 e. The molecule has 2 aliphatic rings. The van der Waals surface area contributed by atoms with Gasteiger partial charge in [0.25, 0.3) is 0 Å². The molecule has 2 fully saturated rings. The second kappa shape index (κ2) is 5.20. The fourth-order valence-corrected chi connectivity index (χ4v) is 2.71. The molecule has 0 unspecified atom stereocenters. The lowest BCUT2D eigenvalue weighted by Gasteiger charge is -2.43. The summed E-state index contributed by atoms with van der Waals surface area (Å²) in [6.45, 7) is 4.22. The third-order valence-electron chi connectivity index (χ3n) is 4.06. The van der Waals surface area contributed by atoms with Crippen LogP contribution in [0.3, 0.4) is 0 Å². The van der Waals surface area contributed by atoms with Crippen LogP contribution >= 0.6 is 0 Å². The van der Waals surface area contributed by atoms with Crippen LogP contribution in [0.25, 0.3) is 0 Å². The first-order chi connectivity index (χ1) is 8.86. The number of aliphatic hydroxyl groups excluding tert-OH is 1. The number of anilines is 1. The van der Waals surface area contributed by atoms with Gasteiger partial charge in [-0.15, -0.1) is 0 Å². The lowest BCUT2D eigenvalue weighted by atomic mass is 9.91. The molecule has 1 aromatic heterocycles. The third-order valence-corrected chi connectivity index (χ3v) is 4.06. The van der Waals surface area contributed by atoms with Crippen molar-refractivity contribution >= 4 is 5.82 Å². The van der Waals surface area contributed by atoms with E-state index in [4.69, 9.17) is 5.11 Å². The van der Waals surface area contributed by atoms with Crippen LogP contribution in [0.4, 0.5) is 5.82 Å². The maximum absolute atomic E-state index is 9.06. The van der Waals surface area contributed by atoms with E-state index in [1.54, 1.807) is 6.20 Å². The molecule has 3 rings (SSSR count). The minimum Gasteiger partial charge on any atom is -0.388 e. The molecule has 0 radical (unpaired) electrons. The van der Waals surface area contributed by atoms with Crippen molar-refractivity contribution in [2.45, 2.75) is 31.9 Å². The Labute approximate surface area is 107 Å². The molecule has 1 aliphatic carbocycles. The van der Waals surface area contributed by atoms with Crippen LogP contribution in [0, 0.1) is 0 Å². The van der Waals surface area contributed by atoms with Gasteiger partial charge >= 0.3 is 0 Å². The molecule has 98 valence electrons. The van der Waals surface area contributed by atoms with E-state index >= 15 is 0 Å². The zero-order chi connectivity index (χ0) is 12.4. The maximum atomic E-state index is 9.06. The van der Waals surface area contributed by atoms with Crippen LogP contribution in [-0.2, 0) is 6.61 Å². The second-order valence-corrected chi connectivity index (χ2v) is 5.10. The van der Waals surface area contributed by atoms with Gasteiger partial charge in [0, 0.05) is 38.4 Å². The van der Waals surface area contributed by atoms with Crippen LogP contribution in [-0.4, -0.2) is 52.2 Å². The molecule has 1 aliphatic heterocycles. The summed E-state index contributed by atoms with van der Waals surface area (Å²) in [5.74, 6) is 1.45. The quantitative estimate of drug-likeness (QED) is 0.851. The van der Waals surface area contributed by atoms with Crippen molar-refractivity contribution in [3.8, 4) is 0 Å². The van der Waals surface area contributed by atoms with E-state index in [-0.39, 0.29) is 6.61 Å². The Morgan fingerprint density at radius 2 is 2.00 bits per heavy atom. The van der Waals surface area contributed by atoms with E-state index < -0.39 is 0 Å². The molecule has 5 heteroatoms. The Kier molecular flexibility index (Phi) is 3.43. The normalized spacial score (nSPS) is 21.9. The highest BCUT2D eigenvalue weighted by atomic mass is 16.3. The lowest BCUT2D eigenvalue weighted by molar-refractivity contribution is 0.120. The monoisotopic (exact) mass is 248 g/mol. The third kappa shape index (κ3) is 2.33. The van der Waals surface area contributed by atoms with E-state index in [2.05, 4.69) is 19.8 Å². The molecule has 0 amide bonds. The highest BCUT2D eigenvalue weighted by molar-refractivity contribution is 5.38. The number of aromatic nitrogens is 2. The average Bonchev–Trinajstić information content (AvgIpc) is 2.38. The van der Waals surface area contributed by atoms with Crippen molar-refractivity contribution in [3.05, 3.63) is 18.1 Å². The second-order valence-electron chi connectivity index (χ2n) is 5.10. The van der Waals surface area contributed by atoms with Gasteiger partial charge in [0.1, 0.15) is 12.4 Å². The molecular weight excluding hydrogens is 228 g/mol. The first kappa shape index (κ1) is 11.9. The van der Waals surface area contributed by atoms with Crippen LogP contribution < -0.4 is 4.90 Å². The average molecular weight is 248 g/mol. The van der Waals surface area contributed by atoms with E-state index in [9.17, 15) is 0 Å². The smallest absolute Gasteiger partial charge is 0.156 e. The fourth-order valence-electron chi connectivity index (χ4n) is 2.71. The Morgan fingerprint density at radius 1 is 1.22 bits per heavy atom. The summed E-state index contributed by atoms with van der Waals surface area (Å²) in [7, 11) is 0. The summed E-state index contributed by atoms with van der Waals surface area (Å²) in [5.41, 5.74) is 0. The number of rotatable bonds is 3. The number of piperazine rings is 1. The number of aliphatic hydroxyl groups is 1. The van der Waals surface area contributed by atoms with Gasteiger partial charge in [0.2, 0.25) is 0 Å². The van der Waals surface area contributed by atoms with Gasteiger partial charge in [-0.1, -0.05) is 6.42 Å². The number of nitrogens with zero attached hydrogens (tertiary/aromatic N) is 4. The summed E-state index contributed by atoms with van der Waals surface area (Å²) in [6.07, 6.45) is 5.88. The van der Waals surface area contributed by atoms with E-state index in [0.717, 1.165) is 38.0 Å². The summed E-state index contributed by atoms with van der Waals surface area (Å²) < 4.78 is 0. The summed E-state index contributed by atoms with van der Waals surface area (Å²) in [4.78, 5) is 13.3. The Morgan fingerprint density at radius 3 is 2.61 bits per heavy atom. The molecule has 1 aromatic rings. The number of hydrogen-bond acceptors (Lipinski definition) is 5.